The van der Waals surface area contributed by atoms with Crippen LogP contribution in [0.3, 0.4) is 0 Å². The van der Waals surface area contributed by atoms with Gasteiger partial charge in [0.1, 0.15) is 0 Å². The highest BCUT2D eigenvalue weighted by atomic mass is 16.5. The van der Waals surface area contributed by atoms with E-state index < -0.39 is 0 Å². The van der Waals surface area contributed by atoms with Crippen molar-refractivity contribution >= 4 is 11.6 Å². The lowest BCUT2D eigenvalue weighted by Crippen LogP contribution is -2.34. The third kappa shape index (κ3) is 4.21. The summed E-state index contributed by atoms with van der Waals surface area (Å²) >= 11 is 0. The van der Waals surface area contributed by atoms with E-state index in [0.29, 0.717) is 0 Å². The quantitative estimate of drug-likeness (QED) is 0.846. The van der Waals surface area contributed by atoms with Gasteiger partial charge in [-0.05, 0) is 44.7 Å². The summed E-state index contributed by atoms with van der Waals surface area (Å²) in [4.78, 5) is 12.5. The number of benzene rings is 1. The van der Waals surface area contributed by atoms with Crippen LogP contribution >= 0.6 is 0 Å². The highest BCUT2D eigenvalue weighted by Gasteiger charge is 2.26. The van der Waals surface area contributed by atoms with Crippen molar-refractivity contribution in [2.45, 2.75) is 51.7 Å². The molecule has 116 valence electrons. The van der Waals surface area contributed by atoms with Crippen LogP contribution in [0.2, 0.25) is 0 Å². The predicted octanol–water partition coefficient (Wildman–Crippen LogP) is 3.11. The zero-order chi connectivity index (χ0) is 15.2. The van der Waals surface area contributed by atoms with Crippen molar-refractivity contribution in [1.82, 2.24) is 5.32 Å². The Bertz CT molecular complexity index is 488. The molecule has 0 heterocycles. The molecule has 0 aliphatic heterocycles. The minimum absolute atomic E-state index is 0.0130. The average Bonchev–Trinajstić information content (AvgIpc) is 2.93. The highest BCUT2D eigenvalue weighted by Crippen LogP contribution is 2.23. The molecule has 1 fully saturated rings. The van der Waals surface area contributed by atoms with Gasteiger partial charge in [-0.25, -0.2) is 0 Å². The van der Waals surface area contributed by atoms with E-state index in [1.807, 2.05) is 25.1 Å². The van der Waals surface area contributed by atoms with E-state index in [1.54, 1.807) is 7.11 Å². The van der Waals surface area contributed by atoms with Crippen LogP contribution in [0.4, 0.5) is 5.69 Å². The predicted molar refractivity (Wildman–Crippen MR) is 85.9 cm³/mol. The van der Waals surface area contributed by atoms with Crippen LogP contribution in [-0.4, -0.2) is 31.7 Å². The van der Waals surface area contributed by atoms with Crippen molar-refractivity contribution in [3.63, 3.8) is 0 Å². The molecule has 0 aromatic heterocycles. The van der Waals surface area contributed by atoms with Crippen molar-refractivity contribution in [3.8, 4) is 0 Å². The van der Waals surface area contributed by atoms with E-state index in [-0.39, 0.29) is 18.1 Å². The highest BCUT2D eigenvalue weighted by molar-refractivity contribution is 6.00. The molecule has 0 radical (unpaired) electrons. The molecule has 1 saturated carbocycles. The molecule has 0 saturated heterocycles. The summed E-state index contributed by atoms with van der Waals surface area (Å²) in [5.74, 6) is 0.0130. The van der Waals surface area contributed by atoms with Crippen LogP contribution in [0.25, 0.3) is 0 Å². The Labute approximate surface area is 127 Å². The van der Waals surface area contributed by atoms with Crippen molar-refractivity contribution in [1.29, 1.82) is 0 Å². The second-order valence-electron chi connectivity index (χ2n) is 5.82. The number of carbonyl (C=O) groups is 1. The standard InChI is InChI=1S/C17H26N2O2/c1-4-9-18-16-8-5-12(2)10-15(16)17(20)19-13-6-7-14(11-13)21-3/h5,8,10,13-14,18H,4,6-7,9,11H2,1-3H3,(H,19,20). The smallest absolute Gasteiger partial charge is 0.253 e. The summed E-state index contributed by atoms with van der Waals surface area (Å²) in [6.45, 7) is 5.00. The first kappa shape index (κ1) is 15.8. The molecule has 1 aromatic carbocycles. The van der Waals surface area contributed by atoms with Crippen LogP contribution in [0.15, 0.2) is 18.2 Å². The minimum atomic E-state index is 0.0130. The molecule has 1 amide bonds. The first-order valence-corrected chi connectivity index (χ1v) is 7.82. The fourth-order valence-corrected chi connectivity index (χ4v) is 2.81. The molecular weight excluding hydrogens is 264 g/mol. The van der Waals surface area contributed by atoms with E-state index in [9.17, 15) is 4.79 Å². The molecule has 2 unspecified atom stereocenters. The van der Waals surface area contributed by atoms with Crippen LogP contribution in [0.5, 0.6) is 0 Å². The molecule has 0 spiro atoms. The van der Waals surface area contributed by atoms with Gasteiger partial charge >= 0.3 is 0 Å². The lowest BCUT2D eigenvalue weighted by Gasteiger charge is -2.16. The van der Waals surface area contributed by atoms with Crippen molar-refractivity contribution in [3.05, 3.63) is 29.3 Å². The van der Waals surface area contributed by atoms with E-state index in [0.717, 1.165) is 49.0 Å². The summed E-state index contributed by atoms with van der Waals surface area (Å²) in [6, 6.07) is 6.20. The van der Waals surface area contributed by atoms with Gasteiger partial charge in [-0.1, -0.05) is 18.6 Å². The van der Waals surface area contributed by atoms with Gasteiger partial charge in [-0.2, -0.15) is 0 Å². The topological polar surface area (TPSA) is 50.4 Å². The number of ether oxygens (including phenoxy) is 1. The number of rotatable bonds is 6. The zero-order valence-corrected chi connectivity index (χ0v) is 13.2. The van der Waals surface area contributed by atoms with Crippen LogP contribution in [-0.2, 0) is 4.74 Å². The molecule has 1 aromatic rings. The Kier molecular flexibility index (Phi) is 5.62. The molecule has 21 heavy (non-hydrogen) atoms. The number of hydrogen-bond acceptors (Lipinski definition) is 3. The lowest BCUT2D eigenvalue weighted by molar-refractivity contribution is 0.0915. The summed E-state index contributed by atoms with van der Waals surface area (Å²) in [5.41, 5.74) is 2.76. The van der Waals surface area contributed by atoms with E-state index in [2.05, 4.69) is 17.6 Å². The van der Waals surface area contributed by atoms with Gasteiger partial charge in [-0.15, -0.1) is 0 Å². The number of anilines is 1. The van der Waals surface area contributed by atoms with Gasteiger partial charge in [0.2, 0.25) is 0 Å². The zero-order valence-electron chi connectivity index (χ0n) is 13.2. The number of nitrogens with one attached hydrogen (secondary N) is 2. The van der Waals surface area contributed by atoms with E-state index in [1.165, 1.54) is 0 Å². The Hall–Kier alpha value is -1.55. The second-order valence-corrected chi connectivity index (χ2v) is 5.82. The number of aryl methyl sites for hydroxylation is 1. The number of hydrogen-bond donors (Lipinski definition) is 2. The number of methoxy groups -OCH3 is 1. The molecule has 2 atom stereocenters. The Balaban J connectivity index is 2.05. The maximum Gasteiger partial charge on any atom is 0.253 e. The Morgan fingerprint density at radius 3 is 2.86 bits per heavy atom. The van der Waals surface area contributed by atoms with Gasteiger partial charge in [0.15, 0.2) is 0 Å². The van der Waals surface area contributed by atoms with Gasteiger partial charge in [0.05, 0.1) is 11.7 Å². The van der Waals surface area contributed by atoms with Crippen LogP contribution in [0.1, 0.15) is 48.5 Å². The fraction of sp³-hybridized carbons (Fsp3) is 0.588. The summed E-state index contributed by atoms with van der Waals surface area (Å²) in [7, 11) is 1.74. The van der Waals surface area contributed by atoms with Gasteiger partial charge in [0, 0.05) is 25.4 Å². The maximum atomic E-state index is 12.5. The van der Waals surface area contributed by atoms with Crippen molar-refractivity contribution < 1.29 is 9.53 Å². The largest absolute Gasteiger partial charge is 0.384 e. The monoisotopic (exact) mass is 290 g/mol. The first-order valence-electron chi connectivity index (χ1n) is 7.82. The van der Waals surface area contributed by atoms with Crippen molar-refractivity contribution in [2.24, 2.45) is 0 Å². The van der Waals surface area contributed by atoms with E-state index in [4.69, 9.17) is 4.74 Å². The van der Waals surface area contributed by atoms with Gasteiger partial charge < -0.3 is 15.4 Å². The van der Waals surface area contributed by atoms with Gasteiger partial charge in [0.25, 0.3) is 5.91 Å². The van der Waals surface area contributed by atoms with E-state index >= 15 is 0 Å². The molecule has 2 N–H and O–H groups in total. The van der Waals surface area contributed by atoms with Crippen LogP contribution in [0, 0.1) is 6.92 Å². The number of carbonyl (C=O) groups excluding carboxylic acids is 1. The average molecular weight is 290 g/mol. The summed E-state index contributed by atoms with van der Waals surface area (Å²) < 4.78 is 5.36. The normalized spacial score (nSPS) is 21.3. The fourth-order valence-electron chi connectivity index (χ4n) is 2.81. The molecule has 1 aliphatic rings. The second kappa shape index (κ2) is 7.46. The van der Waals surface area contributed by atoms with Crippen LogP contribution < -0.4 is 10.6 Å². The Morgan fingerprint density at radius 1 is 1.38 bits per heavy atom. The summed E-state index contributed by atoms with van der Waals surface area (Å²) in [6.07, 6.45) is 4.24. The first-order chi connectivity index (χ1) is 10.1. The summed E-state index contributed by atoms with van der Waals surface area (Å²) in [5, 5.41) is 6.47. The third-order valence-corrected chi connectivity index (χ3v) is 4.04. The maximum absolute atomic E-state index is 12.5. The SMILES string of the molecule is CCCNc1ccc(C)cc1C(=O)NC1CCC(OC)C1. The molecule has 1 aliphatic carbocycles. The molecule has 2 rings (SSSR count). The molecular formula is C17H26N2O2. The minimum Gasteiger partial charge on any atom is -0.384 e. The lowest BCUT2D eigenvalue weighted by atomic mass is 10.1. The number of amides is 1. The van der Waals surface area contributed by atoms with Gasteiger partial charge in [-0.3, -0.25) is 4.79 Å². The molecule has 0 bridgehead atoms. The third-order valence-electron chi connectivity index (χ3n) is 4.04. The molecule has 4 nitrogen and oxygen atoms in total. The van der Waals surface area contributed by atoms with Crippen molar-refractivity contribution in [2.75, 3.05) is 19.0 Å². The molecule has 4 heteroatoms. The Morgan fingerprint density at radius 2 is 2.19 bits per heavy atom.